The molecule has 2 aliphatic heterocycles. The van der Waals surface area contributed by atoms with Crippen LogP contribution in [0, 0.1) is 12.8 Å². The molecule has 8 heteroatoms. The molecule has 2 aliphatic rings. The largest absolute Gasteiger partial charge is 0.334 e. The lowest BCUT2D eigenvalue weighted by atomic mass is 10.1. The number of carbonyl (C=O) groups is 2. The number of hydrogen-bond acceptors (Lipinski definition) is 6. The quantitative estimate of drug-likeness (QED) is 0.827. The minimum atomic E-state index is -0.322. The van der Waals surface area contributed by atoms with Gasteiger partial charge in [-0.15, -0.1) is 10.2 Å². The van der Waals surface area contributed by atoms with E-state index >= 15 is 0 Å². The predicted molar refractivity (Wildman–Crippen MR) is 97.7 cm³/mol. The highest BCUT2D eigenvalue weighted by Gasteiger charge is 2.39. The van der Waals surface area contributed by atoms with Crippen LogP contribution in [0.15, 0.2) is 12.3 Å². The number of fused-ring (bicyclic) bond motifs is 1. The maximum atomic E-state index is 12.9. The molecular weight excluding hydrogens is 350 g/mol. The summed E-state index contributed by atoms with van der Waals surface area (Å²) in [7, 11) is 0. The Labute approximate surface area is 156 Å². The first-order chi connectivity index (χ1) is 12.4. The summed E-state index contributed by atoms with van der Waals surface area (Å²) in [5, 5.41) is 9.79. The van der Waals surface area contributed by atoms with Crippen molar-refractivity contribution in [3.8, 4) is 0 Å². The second-order valence-corrected chi connectivity index (χ2v) is 8.26. The van der Waals surface area contributed by atoms with Crippen LogP contribution < -0.4 is 4.90 Å². The fourth-order valence-corrected chi connectivity index (χ4v) is 4.31. The van der Waals surface area contributed by atoms with Crippen molar-refractivity contribution in [2.75, 3.05) is 11.4 Å². The average molecular weight is 371 g/mol. The minimum Gasteiger partial charge on any atom is -0.334 e. The van der Waals surface area contributed by atoms with Gasteiger partial charge >= 0.3 is 0 Å². The van der Waals surface area contributed by atoms with Crippen molar-refractivity contribution in [3.63, 3.8) is 0 Å². The van der Waals surface area contributed by atoms with Crippen LogP contribution in [0.5, 0.6) is 0 Å². The smallest absolute Gasteiger partial charge is 0.229 e. The molecule has 4 heterocycles. The molecule has 0 aliphatic carbocycles. The van der Waals surface area contributed by atoms with Crippen LogP contribution in [0.1, 0.15) is 48.0 Å². The number of amides is 2. The molecule has 2 aromatic heterocycles. The van der Waals surface area contributed by atoms with E-state index in [0.717, 1.165) is 21.8 Å². The van der Waals surface area contributed by atoms with Crippen LogP contribution in [0.2, 0.25) is 0 Å². The zero-order valence-electron chi connectivity index (χ0n) is 15.1. The fourth-order valence-electron chi connectivity index (χ4n) is 3.44. The third kappa shape index (κ3) is 2.98. The molecule has 26 heavy (non-hydrogen) atoms. The third-order valence-corrected chi connectivity index (χ3v) is 6.13. The van der Waals surface area contributed by atoms with Gasteiger partial charge in [-0.3, -0.25) is 19.5 Å². The molecule has 2 amide bonds. The highest BCUT2D eigenvalue weighted by Crippen LogP contribution is 2.32. The molecule has 0 radical (unpaired) electrons. The van der Waals surface area contributed by atoms with Crippen molar-refractivity contribution in [2.45, 2.75) is 46.2 Å². The van der Waals surface area contributed by atoms with E-state index in [9.17, 15) is 9.59 Å². The number of rotatable bonds is 3. The van der Waals surface area contributed by atoms with E-state index in [-0.39, 0.29) is 30.1 Å². The summed E-state index contributed by atoms with van der Waals surface area (Å²) < 4.78 is 0. The molecule has 0 N–H and O–H groups in total. The van der Waals surface area contributed by atoms with Gasteiger partial charge in [0.2, 0.25) is 16.9 Å². The summed E-state index contributed by atoms with van der Waals surface area (Å²) in [5.41, 5.74) is 3.20. The number of nitrogens with zero attached hydrogens (tertiary/aromatic N) is 5. The zero-order valence-corrected chi connectivity index (χ0v) is 15.9. The summed E-state index contributed by atoms with van der Waals surface area (Å²) in [4.78, 5) is 33.1. The molecule has 0 aromatic carbocycles. The van der Waals surface area contributed by atoms with E-state index in [4.69, 9.17) is 0 Å². The first-order valence-corrected chi connectivity index (χ1v) is 9.61. The van der Waals surface area contributed by atoms with Crippen LogP contribution in [0.25, 0.3) is 0 Å². The van der Waals surface area contributed by atoms with Crippen molar-refractivity contribution < 1.29 is 9.59 Å². The Morgan fingerprint density at radius 2 is 2.04 bits per heavy atom. The SMILES string of the molecule is Cc1cc2c(cn1)CN(C(=O)C1CC(=O)N(c3nnc(C(C)C)s3)C1)C2. The van der Waals surface area contributed by atoms with Gasteiger partial charge in [0.1, 0.15) is 5.01 Å². The van der Waals surface area contributed by atoms with E-state index in [2.05, 4.69) is 15.2 Å². The molecule has 1 unspecified atom stereocenters. The molecule has 2 aromatic rings. The van der Waals surface area contributed by atoms with Crippen molar-refractivity contribution in [1.82, 2.24) is 20.1 Å². The number of aryl methyl sites for hydroxylation is 1. The number of carbonyl (C=O) groups excluding carboxylic acids is 2. The van der Waals surface area contributed by atoms with Gasteiger partial charge in [-0.1, -0.05) is 25.2 Å². The molecule has 136 valence electrons. The lowest BCUT2D eigenvalue weighted by Gasteiger charge is -2.19. The molecule has 0 bridgehead atoms. The Morgan fingerprint density at radius 3 is 2.77 bits per heavy atom. The Kier molecular flexibility index (Phi) is 4.22. The first kappa shape index (κ1) is 17.1. The summed E-state index contributed by atoms with van der Waals surface area (Å²) >= 11 is 1.43. The van der Waals surface area contributed by atoms with Crippen LogP contribution in [-0.4, -0.2) is 38.4 Å². The molecule has 1 saturated heterocycles. The van der Waals surface area contributed by atoms with Crippen LogP contribution in [-0.2, 0) is 22.7 Å². The second kappa shape index (κ2) is 6.42. The average Bonchev–Trinajstić information content (AvgIpc) is 3.30. The van der Waals surface area contributed by atoms with Crippen molar-refractivity contribution in [2.24, 2.45) is 5.92 Å². The second-order valence-electron chi connectivity index (χ2n) is 7.27. The van der Waals surface area contributed by atoms with Gasteiger partial charge in [0.25, 0.3) is 0 Å². The Bertz CT molecular complexity index is 878. The molecule has 0 saturated carbocycles. The zero-order chi connectivity index (χ0) is 18.4. The summed E-state index contributed by atoms with van der Waals surface area (Å²) in [6.45, 7) is 7.59. The minimum absolute atomic E-state index is 0.0308. The van der Waals surface area contributed by atoms with Gasteiger partial charge in [0, 0.05) is 43.9 Å². The summed E-state index contributed by atoms with van der Waals surface area (Å²) in [5.74, 6) is -0.0684. The van der Waals surface area contributed by atoms with E-state index in [1.54, 1.807) is 4.90 Å². The summed E-state index contributed by atoms with van der Waals surface area (Å²) in [6.07, 6.45) is 2.08. The molecule has 7 nitrogen and oxygen atoms in total. The molecule has 1 fully saturated rings. The maximum Gasteiger partial charge on any atom is 0.229 e. The van der Waals surface area contributed by atoms with E-state index < -0.39 is 0 Å². The Hall–Kier alpha value is -2.35. The van der Waals surface area contributed by atoms with Crippen molar-refractivity contribution in [1.29, 1.82) is 0 Å². The number of pyridine rings is 1. The molecule has 4 rings (SSSR count). The predicted octanol–water partition coefficient (Wildman–Crippen LogP) is 2.26. The monoisotopic (exact) mass is 371 g/mol. The lowest BCUT2D eigenvalue weighted by molar-refractivity contribution is -0.136. The third-order valence-electron chi connectivity index (χ3n) is 4.88. The van der Waals surface area contributed by atoms with E-state index in [1.807, 2.05) is 37.9 Å². The Morgan fingerprint density at radius 1 is 1.27 bits per heavy atom. The fraction of sp³-hybridized carbons (Fsp3) is 0.500. The lowest BCUT2D eigenvalue weighted by Crippen LogP contribution is -2.34. The topological polar surface area (TPSA) is 79.3 Å². The van der Waals surface area contributed by atoms with Crippen LogP contribution in [0.4, 0.5) is 5.13 Å². The Balaban J connectivity index is 1.46. The van der Waals surface area contributed by atoms with Gasteiger partial charge in [-0.05, 0) is 24.1 Å². The van der Waals surface area contributed by atoms with Crippen molar-refractivity contribution in [3.05, 3.63) is 34.1 Å². The number of anilines is 1. The van der Waals surface area contributed by atoms with Gasteiger partial charge in [-0.2, -0.15) is 0 Å². The molecule has 1 atom stereocenters. The first-order valence-electron chi connectivity index (χ1n) is 8.79. The van der Waals surface area contributed by atoms with Gasteiger partial charge in [0.05, 0.1) is 5.92 Å². The summed E-state index contributed by atoms with van der Waals surface area (Å²) in [6, 6.07) is 2.03. The van der Waals surface area contributed by atoms with Crippen LogP contribution in [0.3, 0.4) is 0 Å². The van der Waals surface area contributed by atoms with Gasteiger partial charge < -0.3 is 4.90 Å². The number of hydrogen-bond donors (Lipinski definition) is 0. The maximum absolute atomic E-state index is 12.9. The van der Waals surface area contributed by atoms with Crippen molar-refractivity contribution >= 4 is 28.3 Å². The van der Waals surface area contributed by atoms with Gasteiger partial charge in [-0.25, -0.2) is 0 Å². The van der Waals surface area contributed by atoms with E-state index in [0.29, 0.717) is 24.8 Å². The molecule has 0 spiro atoms. The van der Waals surface area contributed by atoms with Gasteiger partial charge in [0.15, 0.2) is 0 Å². The van der Waals surface area contributed by atoms with E-state index in [1.165, 1.54) is 11.3 Å². The normalized spacial score (nSPS) is 19.5. The highest BCUT2D eigenvalue weighted by atomic mass is 32.1. The van der Waals surface area contributed by atoms with Crippen LogP contribution >= 0.6 is 11.3 Å². The highest BCUT2D eigenvalue weighted by molar-refractivity contribution is 7.15. The number of aromatic nitrogens is 3. The standard InChI is InChI=1S/C18H21N5O2S/c1-10(2)16-20-21-18(26-16)23-9-13(5-15(23)24)17(25)22-7-12-4-11(3)19-6-14(12)8-22/h4,6,10,13H,5,7-9H2,1-3H3. The molecular formula is C18H21N5O2S.